The first kappa shape index (κ1) is 15.7. The number of piperazine rings is 1. The van der Waals surface area contributed by atoms with E-state index in [0.717, 1.165) is 54.3 Å². The number of benzene rings is 2. The molecule has 0 spiro atoms. The first-order valence-electron chi connectivity index (χ1n) is 8.46. The second-order valence-electron chi connectivity index (χ2n) is 6.36. The number of aromatic amines is 1. The summed E-state index contributed by atoms with van der Waals surface area (Å²) in [5.41, 5.74) is 11.8. The van der Waals surface area contributed by atoms with Crippen LogP contribution in [0, 0.1) is 0 Å². The fourth-order valence-electron chi connectivity index (χ4n) is 3.25. The van der Waals surface area contributed by atoms with E-state index < -0.39 is 0 Å². The lowest BCUT2D eigenvalue weighted by atomic mass is 10.1. The van der Waals surface area contributed by atoms with Crippen molar-refractivity contribution in [3.8, 4) is 11.4 Å². The van der Waals surface area contributed by atoms with Crippen LogP contribution in [0.1, 0.15) is 0 Å². The van der Waals surface area contributed by atoms with Crippen LogP contribution >= 0.6 is 0 Å². The van der Waals surface area contributed by atoms with Gasteiger partial charge in [-0.3, -0.25) is 5.84 Å². The molecule has 1 fully saturated rings. The average molecular weight is 337 g/mol. The van der Waals surface area contributed by atoms with Gasteiger partial charge < -0.3 is 20.9 Å². The van der Waals surface area contributed by atoms with Gasteiger partial charge in [0.25, 0.3) is 0 Å². The predicted molar refractivity (Wildman–Crippen MR) is 103 cm³/mol. The van der Waals surface area contributed by atoms with Gasteiger partial charge in [0, 0.05) is 44.5 Å². The first-order chi connectivity index (χ1) is 12.1. The molecule has 0 atom stereocenters. The standard InChI is InChI=1S/C18H23N7/c1-21-15-4-2-12(10-14(15)19)18-22-16-5-3-13(11-17(16)23-18)24-6-8-25(20)9-7-24/h2-5,10-11,21H,6-9,19-20H2,1H3,(H,22,23). The van der Waals surface area contributed by atoms with Crippen molar-refractivity contribution in [1.82, 2.24) is 15.0 Å². The van der Waals surface area contributed by atoms with E-state index in [4.69, 9.17) is 16.6 Å². The lowest BCUT2D eigenvalue weighted by molar-refractivity contribution is 0.266. The molecule has 1 aromatic heterocycles. The maximum absolute atomic E-state index is 6.07. The number of rotatable bonds is 3. The number of fused-ring (bicyclic) bond motifs is 1. The van der Waals surface area contributed by atoms with Crippen molar-refractivity contribution in [2.75, 3.05) is 49.2 Å². The Morgan fingerprint density at radius 3 is 2.60 bits per heavy atom. The topological polar surface area (TPSA) is 99.2 Å². The third-order valence-corrected chi connectivity index (χ3v) is 4.74. The number of hydrogen-bond donors (Lipinski definition) is 4. The van der Waals surface area contributed by atoms with Crippen LogP contribution in [0.2, 0.25) is 0 Å². The van der Waals surface area contributed by atoms with Crippen LogP contribution in [0.25, 0.3) is 22.4 Å². The molecule has 130 valence electrons. The highest BCUT2D eigenvalue weighted by atomic mass is 15.4. The molecule has 0 bridgehead atoms. The number of nitrogens with zero attached hydrogens (tertiary/aromatic N) is 3. The number of hydrogen-bond acceptors (Lipinski definition) is 6. The molecular formula is C18H23N7. The molecule has 7 heteroatoms. The minimum atomic E-state index is 0.709. The molecule has 0 unspecified atom stereocenters. The van der Waals surface area contributed by atoms with Crippen LogP contribution < -0.4 is 21.8 Å². The van der Waals surface area contributed by atoms with E-state index in [9.17, 15) is 0 Å². The van der Waals surface area contributed by atoms with Crippen LogP contribution in [0.4, 0.5) is 17.1 Å². The summed E-state index contributed by atoms with van der Waals surface area (Å²) in [6.07, 6.45) is 0. The van der Waals surface area contributed by atoms with Crippen LogP contribution in [0.5, 0.6) is 0 Å². The van der Waals surface area contributed by atoms with Gasteiger partial charge >= 0.3 is 0 Å². The van der Waals surface area contributed by atoms with Gasteiger partial charge in [-0.25, -0.2) is 9.99 Å². The monoisotopic (exact) mass is 337 g/mol. The van der Waals surface area contributed by atoms with E-state index in [1.165, 1.54) is 5.69 Å². The molecule has 2 heterocycles. The Kier molecular flexibility index (Phi) is 3.95. The van der Waals surface area contributed by atoms with Crippen molar-refractivity contribution >= 4 is 28.1 Å². The average Bonchev–Trinajstić information content (AvgIpc) is 3.05. The Morgan fingerprint density at radius 1 is 1.08 bits per heavy atom. The predicted octanol–water partition coefficient (Wildman–Crippen LogP) is 1.85. The molecule has 0 aliphatic carbocycles. The zero-order valence-corrected chi connectivity index (χ0v) is 14.3. The van der Waals surface area contributed by atoms with E-state index in [-0.39, 0.29) is 0 Å². The molecule has 1 aliphatic rings. The number of nitrogens with one attached hydrogen (secondary N) is 2. The maximum Gasteiger partial charge on any atom is 0.138 e. The molecule has 0 saturated carbocycles. The van der Waals surface area contributed by atoms with Crippen molar-refractivity contribution in [3.05, 3.63) is 36.4 Å². The van der Waals surface area contributed by atoms with Gasteiger partial charge in [-0.2, -0.15) is 0 Å². The normalized spacial score (nSPS) is 15.7. The van der Waals surface area contributed by atoms with Gasteiger partial charge in [0.2, 0.25) is 0 Å². The van der Waals surface area contributed by atoms with E-state index in [1.807, 2.05) is 30.3 Å². The van der Waals surface area contributed by atoms with E-state index in [1.54, 1.807) is 0 Å². The molecular weight excluding hydrogens is 314 g/mol. The molecule has 1 aliphatic heterocycles. The van der Waals surface area contributed by atoms with E-state index >= 15 is 0 Å². The Balaban J connectivity index is 1.65. The SMILES string of the molecule is CNc1ccc(-c2nc3ccc(N4CCN(N)CC4)cc3[nH]2)cc1N. The number of nitrogens with two attached hydrogens (primary N) is 2. The number of nitrogen functional groups attached to an aromatic ring is 1. The molecule has 7 nitrogen and oxygen atoms in total. The summed E-state index contributed by atoms with van der Waals surface area (Å²) in [7, 11) is 1.86. The van der Waals surface area contributed by atoms with Crippen LogP contribution in [0.3, 0.4) is 0 Å². The number of imidazole rings is 1. The van der Waals surface area contributed by atoms with Gasteiger partial charge in [0.05, 0.1) is 22.4 Å². The summed E-state index contributed by atoms with van der Waals surface area (Å²) >= 11 is 0. The van der Waals surface area contributed by atoms with Crippen LogP contribution in [-0.2, 0) is 0 Å². The van der Waals surface area contributed by atoms with Crippen molar-refractivity contribution < 1.29 is 0 Å². The Morgan fingerprint density at radius 2 is 1.88 bits per heavy atom. The number of aromatic nitrogens is 2. The molecule has 2 aromatic carbocycles. The second-order valence-corrected chi connectivity index (χ2v) is 6.36. The fourth-order valence-corrected chi connectivity index (χ4v) is 3.25. The fraction of sp³-hybridized carbons (Fsp3) is 0.278. The van der Waals surface area contributed by atoms with Crippen molar-refractivity contribution in [1.29, 1.82) is 0 Å². The third-order valence-electron chi connectivity index (χ3n) is 4.74. The summed E-state index contributed by atoms with van der Waals surface area (Å²) in [6, 6.07) is 12.3. The molecule has 0 radical (unpaired) electrons. The summed E-state index contributed by atoms with van der Waals surface area (Å²) in [4.78, 5) is 10.5. The van der Waals surface area contributed by atoms with E-state index in [0.29, 0.717) is 5.69 Å². The highest BCUT2D eigenvalue weighted by Crippen LogP contribution is 2.28. The largest absolute Gasteiger partial charge is 0.397 e. The number of anilines is 3. The zero-order chi connectivity index (χ0) is 17.4. The quantitative estimate of drug-likeness (QED) is 0.430. The van der Waals surface area contributed by atoms with Gasteiger partial charge in [-0.15, -0.1) is 0 Å². The number of hydrazine groups is 1. The van der Waals surface area contributed by atoms with Gasteiger partial charge in [0.15, 0.2) is 0 Å². The summed E-state index contributed by atoms with van der Waals surface area (Å²) in [6.45, 7) is 3.63. The lowest BCUT2D eigenvalue weighted by Crippen LogP contribution is -2.49. The van der Waals surface area contributed by atoms with Crippen molar-refractivity contribution in [2.24, 2.45) is 5.84 Å². The molecule has 3 aromatic rings. The molecule has 25 heavy (non-hydrogen) atoms. The summed E-state index contributed by atoms with van der Waals surface area (Å²) in [5.74, 6) is 6.67. The first-order valence-corrected chi connectivity index (χ1v) is 8.46. The van der Waals surface area contributed by atoms with Crippen LogP contribution in [-0.4, -0.2) is 48.2 Å². The minimum absolute atomic E-state index is 0.709. The second kappa shape index (κ2) is 6.27. The smallest absolute Gasteiger partial charge is 0.138 e. The molecule has 6 N–H and O–H groups in total. The molecule has 4 rings (SSSR count). The van der Waals surface area contributed by atoms with Crippen LogP contribution in [0.15, 0.2) is 36.4 Å². The summed E-state index contributed by atoms with van der Waals surface area (Å²) < 4.78 is 0. The van der Waals surface area contributed by atoms with Gasteiger partial charge in [-0.1, -0.05) is 0 Å². The maximum atomic E-state index is 6.07. The highest BCUT2D eigenvalue weighted by Gasteiger charge is 2.16. The van der Waals surface area contributed by atoms with Gasteiger partial charge in [0.1, 0.15) is 5.82 Å². The molecule has 0 amide bonds. The van der Waals surface area contributed by atoms with Crippen molar-refractivity contribution in [3.63, 3.8) is 0 Å². The zero-order valence-electron chi connectivity index (χ0n) is 14.3. The van der Waals surface area contributed by atoms with E-state index in [2.05, 4.69) is 33.4 Å². The highest BCUT2D eigenvalue weighted by molar-refractivity contribution is 5.84. The van der Waals surface area contributed by atoms with Crippen molar-refractivity contribution in [2.45, 2.75) is 0 Å². The summed E-state index contributed by atoms with van der Waals surface area (Å²) in [5, 5.41) is 4.94. The van der Waals surface area contributed by atoms with Gasteiger partial charge in [-0.05, 0) is 36.4 Å². The Bertz CT molecular complexity index is 894. The lowest BCUT2D eigenvalue weighted by Gasteiger charge is -2.33. The Labute approximate surface area is 146 Å². The molecule has 1 saturated heterocycles. The minimum Gasteiger partial charge on any atom is -0.397 e. The third kappa shape index (κ3) is 2.99. The number of H-pyrrole nitrogens is 1. The Hall–Kier alpha value is -2.77.